The Hall–Kier alpha value is -1.35. The molecule has 0 aromatic rings. The fourth-order valence-corrected chi connectivity index (χ4v) is 2.30. The highest BCUT2D eigenvalue weighted by molar-refractivity contribution is 5.66. The van der Waals surface area contributed by atoms with Crippen molar-refractivity contribution >= 4 is 5.97 Å². The first kappa shape index (κ1) is 21.6. The first-order valence-electron chi connectivity index (χ1n) is 9.05. The molecule has 0 aliphatic heterocycles. The van der Waals surface area contributed by atoms with Crippen LogP contribution in [0.4, 0.5) is 0 Å². The standard InChI is InChI=1S/C20H34O3/c1-2-3-4-5-7-10-13-16-19(21)17-14-11-8-6-9-12-15-18-20(22)23/h3-4,7,10,13,16,19,21H,2,5-6,8-9,11-12,14-15,17-18H2,1H3,(H,22,23)/b4-3+,10-7+,16-13+/t19-/m0/s1. The van der Waals surface area contributed by atoms with E-state index in [1.807, 2.05) is 18.2 Å². The molecule has 23 heavy (non-hydrogen) atoms. The summed E-state index contributed by atoms with van der Waals surface area (Å²) in [7, 11) is 0. The Morgan fingerprint density at radius 2 is 1.57 bits per heavy atom. The fourth-order valence-electron chi connectivity index (χ4n) is 2.30. The van der Waals surface area contributed by atoms with E-state index in [4.69, 9.17) is 5.11 Å². The minimum Gasteiger partial charge on any atom is -0.481 e. The molecule has 0 aromatic heterocycles. The summed E-state index contributed by atoms with van der Waals surface area (Å²) >= 11 is 0. The Labute approximate surface area is 141 Å². The monoisotopic (exact) mass is 322 g/mol. The van der Waals surface area contributed by atoms with Gasteiger partial charge >= 0.3 is 5.97 Å². The van der Waals surface area contributed by atoms with Crippen molar-refractivity contribution in [3.8, 4) is 0 Å². The van der Waals surface area contributed by atoms with E-state index in [1.54, 1.807) is 0 Å². The Kier molecular flexibility index (Phi) is 16.0. The summed E-state index contributed by atoms with van der Waals surface area (Å²) in [6.07, 6.45) is 22.4. The lowest BCUT2D eigenvalue weighted by molar-refractivity contribution is -0.137. The minimum atomic E-state index is -0.695. The van der Waals surface area contributed by atoms with Crippen molar-refractivity contribution in [2.75, 3.05) is 0 Å². The highest BCUT2D eigenvalue weighted by atomic mass is 16.4. The van der Waals surface area contributed by atoms with Crippen LogP contribution in [0.1, 0.15) is 77.6 Å². The van der Waals surface area contributed by atoms with E-state index in [1.165, 1.54) is 12.8 Å². The molecule has 0 aliphatic rings. The molecule has 0 heterocycles. The molecule has 0 unspecified atom stereocenters. The first-order chi connectivity index (χ1) is 11.2. The molecule has 3 nitrogen and oxygen atoms in total. The Morgan fingerprint density at radius 1 is 0.913 bits per heavy atom. The normalized spacial score (nSPS) is 13.5. The predicted molar refractivity (Wildman–Crippen MR) is 97.5 cm³/mol. The number of carbonyl (C=O) groups is 1. The molecule has 0 saturated heterocycles. The third-order valence-electron chi connectivity index (χ3n) is 3.65. The zero-order valence-corrected chi connectivity index (χ0v) is 14.6. The van der Waals surface area contributed by atoms with E-state index in [9.17, 15) is 9.90 Å². The average Bonchev–Trinajstić information content (AvgIpc) is 2.52. The van der Waals surface area contributed by atoms with Crippen molar-refractivity contribution in [1.82, 2.24) is 0 Å². The van der Waals surface area contributed by atoms with Crippen molar-refractivity contribution in [3.63, 3.8) is 0 Å². The zero-order chi connectivity index (χ0) is 17.2. The minimum absolute atomic E-state index is 0.294. The molecule has 0 radical (unpaired) electrons. The van der Waals surface area contributed by atoms with Crippen LogP contribution in [0, 0.1) is 0 Å². The molecule has 0 rings (SSSR count). The van der Waals surface area contributed by atoms with Crippen LogP contribution in [0.15, 0.2) is 36.5 Å². The van der Waals surface area contributed by atoms with Crippen LogP contribution >= 0.6 is 0 Å². The molecular weight excluding hydrogens is 288 g/mol. The fraction of sp³-hybridized carbons (Fsp3) is 0.650. The quantitative estimate of drug-likeness (QED) is 0.241. The molecule has 1 atom stereocenters. The number of aliphatic hydroxyl groups excluding tert-OH is 1. The van der Waals surface area contributed by atoms with Gasteiger partial charge in [-0.25, -0.2) is 0 Å². The van der Waals surface area contributed by atoms with Gasteiger partial charge in [-0.1, -0.05) is 81.9 Å². The van der Waals surface area contributed by atoms with Gasteiger partial charge in [-0.3, -0.25) is 4.79 Å². The molecule has 0 aromatic carbocycles. The van der Waals surface area contributed by atoms with Crippen molar-refractivity contribution in [3.05, 3.63) is 36.5 Å². The molecule has 0 saturated carbocycles. The molecule has 0 bridgehead atoms. The van der Waals surface area contributed by atoms with Crippen LogP contribution in [0.3, 0.4) is 0 Å². The van der Waals surface area contributed by atoms with Crippen LogP contribution in [0.5, 0.6) is 0 Å². The second-order valence-electron chi connectivity index (χ2n) is 5.90. The van der Waals surface area contributed by atoms with E-state index in [2.05, 4.69) is 25.2 Å². The Balaban J connectivity index is 3.40. The van der Waals surface area contributed by atoms with Gasteiger partial charge in [0.15, 0.2) is 0 Å². The lowest BCUT2D eigenvalue weighted by Gasteiger charge is -2.05. The van der Waals surface area contributed by atoms with Gasteiger partial charge in [0.1, 0.15) is 0 Å². The molecular formula is C20H34O3. The number of rotatable bonds is 15. The van der Waals surface area contributed by atoms with E-state index >= 15 is 0 Å². The van der Waals surface area contributed by atoms with Crippen LogP contribution in [0.2, 0.25) is 0 Å². The van der Waals surface area contributed by atoms with Crippen molar-refractivity contribution < 1.29 is 15.0 Å². The van der Waals surface area contributed by atoms with E-state index in [0.29, 0.717) is 6.42 Å². The lowest BCUT2D eigenvalue weighted by Crippen LogP contribution is -2.01. The highest BCUT2D eigenvalue weighted by Gasteiger charge is 1.99. The summed E-state index contributed by atoms with van der Waals surface area (Å²) < 4.78 is 0. The third-order valence-corrected chi connectivity index (χ3v) is 3.65. The molecule has 0 aliphatic carbocycles. The SMILES string of the molecule is CC/C=C/C/C=C/C=C/[C@H](O)CCCCCCCCCC(=O)O. The third kappa shape index (κ3) is 18.6. The van der Waals surface area contributed by atoms with Crippen molar-refractivity contribution in [2.24, 2.45) is 0 Å². The Bertz CT molecular complexity index is 356. The van der Waals surface area contributed by atoms with Gasteiger partial charge < -0.3 is 10.2 Å². The Morgan fingerprint density at radius 3 is 2.22 bits per heavy atom. The number of carboxylic acids is 1. The topological polar surface area (TPSA) is 57.5 Å². The van der Waals surface area contributed by atoms with Gasteiger partial charge in [0, 0.05) is 6.42 Å². The number of aliphatic hydroxyl groups is 1. The number of allylic oxidation sites excluding steroid dienone is 5. The van der Waals surface area contributed by atoms with Gasteiger partial charge in [-0.05, 0) is 25.7 Å². The van der Waals surface area contributed by atoms with Gasteiger partial charge in [-0.2, -0.15) is 0 Å². The van der Waals surface area contributed by atoms with Crippen LogP contribution in [-0.4, -0.2) is 22.3 Å². The number of hydrogen-bond donors (Lipinski definition) is 2. The van der Waals surface area contributed by atoms with Gasteiger partial charge in [0.2, 0.25) is 0 Å². The predicted octanol–water partition coefficient (Wildman–Crippen LogP) is 5.41. The number of unbranched alkanes of at least 4 members (excludes halogenated alkanes) is 6. The molecule has 0 fully saturated rings. The smallest absolute Gasteiger partial charge is 0.303 e. The molecule has 2 N–H and O–H groups in total. The molecule has 3 heteroatoms. The van der Waals surface area contributed by atoms with Crippen molar-refractivity contribution in [1.29, 1.82) is 0 Å². The maximum absolute atomic E-state index is 10.4. The summed E-state index contributed by atoms with van der Waals surface area (Å²) in [5.74, 6) is -0.695. The van der Waals surface area contributed by atoms with E-state index in [-0.39, 0.29) is 6.10 Å². The summed E-state index contributed by atoms with van der Waals surface area (Å²) in [4.78, 5) is 10.4. The van der Waals surface area contributed by atoms with Crippen LogP contribution < -0.4 is 0 Å². The highest BCUT2D eigenvalue weighted by Crippen LogP contribution is 2.11. The summed E-state index contributed by atoms with van der Waals surface area (Å²) in [6.45, 7) is 2.12. The van der Waals surface area contributed by atoms with E-state index in [0.717, 1.165) is 51.4 Å². The maximum Gasteiger partial charge on any atom is 0.303 e. The largest absolute Gasteiger partial charge is 0.481 e. The molecule has 132 valence electrons. The average molecular weight is 322 g/mol. The zero-order valence-electron chi connectivity index (χ0n) is 14.6. The van der Waals surface area contributed by atoms with E-state index < -0.39 is 5.97 Å². The number of hydrogen-bond acceptors (Lipinski definition) is 2. The molecule has 0 spiro atoms. The van der Waals surface area contributed by atoms with Crippen LogP contribution in [-0.2, 0) is 4.79 Å². The van der Waals surface area contributed by atoms with Crippen LogP contribution in [0.25, 0.3) is 0 Å². The lowest BCUT2D eigenvalue weighted by atomic mass is 10.1. The summed E-state index contributed by atoms with van der Waals surface area (Å²) in [5.41, 5.74) is 0. The maximum atomic E-state index is 10.4. The summed E-state index contributed by atoms with van der Waals surface area (Å²) in [6, 6.07) is 0. The second kappa shape index (κ2) is 17.0. The van der Waals surface area contributed by atoms with Gasteiger partial charge in [0.25, 0.3) is 0 Å². The van der Waals surface area contributed by atoms with Crippen molar-refractivity contribution in [2.45, 2.75) is 83.7 Å². The number of carboxylic acid groups (broad SMARTS) is 1. The van der Waals surface area contributed by atoms with Gasteiger partial charge in [-0.15, -0.1) is 0 Å². The van der Waals surface area contributed by atoms with Gasteiger partial charge in [0.05, 0.1) is 6.10 Å². The number of aliphatic carboxylic acids is 1. The first-order valence-corrected chi connectivity index (χ1v) is 9.05. The summed E-state index contributed by atoms with van der Waals surface area (Å²) in [5, 5.41) is 18.4. The second-order valence-corrected chi connectivity index (χ2v) is 5.90. The molecule has 0 amide bonds.